The Kier molecular flexibility index (Phi) is 18.1. The molecular weight excluding hydrogens is 576 g/mol. The third-order valence-corrected chi connectivity index (χ3v) is 10.0. The minimum absolute atomic E-state index is 0.429. The Hall–Kier alpha value is -2.72. The van der Waals surface area contributed by atoms with E-state index in [1.165, 1.54) is 70.6 Å². The van der Waals surface area contributed by atoms with Crippen LogP contribution in [0.25, 0.3) is 0 Å². The molecule has 0 spiro atoms. The number of allylic oxidation sites excluding steroid dienone is 1. The molecule has 0 aromatic heterocycles. The molecule has 0 fully saturated rings. The van der Waals surface area contributed by atoms with Gasteiger partial charge in [-0.15, -0.1) is 0 Å². The van der Waals surface area contributed by atoms with Crippen molar-refractivity contribution in [2.24, 2.45) is 0 Å². The van der Waals surface area contributed by atoms with Crippen LogP contribution in [0, 0.1) is 0 Å². The molecule has 2 unspecified atom stereocenters. The van der Waals surface area contributed by atoms with Gasteiger partial charge in [-0.1, -0.05) is 220 Å². The van der Waals surface area contributed by atoms with Crippen LogP contribution < -0.4 is 0 Å². The van der Waals surface area contributed by atoms with Crippen molar-refractivity contribution < 1.29 is 15.3 Å². The van der Waals surface area contributed by atoms with Crippen LogP contribution in [0.3, 0.4) is 0 Å². The van der Waals surface area contributed by atoms with Crippen molar-refractivity contribution in [3.63, 3.8) is 0 Å². The highest BCUT2D eigenvalue weighted by atomic mass is 16.4. The van der Waals surface area contributed by atoms with Gasteiger partial charge in [0.15, 0.2) is 0 Å². The number of unbranched alkanes of at least 4 members (excludes halogenated alkanes) is 15. The van der Waals surface area contributed by atoms with Crippen molar-refractivity contribution >= 4 is 0 Å². The molecular formula is C44H64O3. The fourth-order valence-electron chi connectivity index (χ4n) is 7.17. The van der Waals surface area contributed by atoms with Gasteiger partial charge in [-0.2, -0.15) is 0 Å². The largest absolute Gasteiger partial charge is 0.390 e. The van der Waals surface area contributed by atoms with Gasteiger partial charge in [-0.05, 0) is 29.5 Å². The van der Waals surface area contributed by atoms with Crippen LogP contribution in [0.2, 0.25) is 0 Å². The van der Waals surface area contributed by atoms with Gasteiger partial charge in [-0.25, -0.2) is 0 Å². The van der Waals surface area contributed by atoms with Crippen LogP contribution in [-0.2, 0) is 5.41 Å². The molecule has 3 aromatic rings. The predicted molar refractivity (Wildman–Crippen MR) is 200 cm³/mol. The first-order valence-electron chi connectivity index (χ1n) is 18.9. The van der Waals surface area contributed by atoms with Gasteiger partial charge < -0.3 is 15.3 Å². The lowest BCUT2D eigenvalue weighted by Gasteiger charge is -2.47. The average molecular weight is 641 g/mol. The fraction of sp³-hybridized carbons (Fsp3) is 0.545. The summed E-state index contributed by atoms with van der Waals surface area (Å²) in [7, 11) is 0. The normalized spacial score (nSPS) is 14.7. The number of hydrogen-bond donors (Lipinski definition) is 3. The highest BCUT2D eigenvalue weighted by molar-refractivity contribution is 5.53. The quantitative estimate of drug-likeness (QED) is 0.0490. The van der Waals surface area contributed by atoms with E-state index >= 15 is 0 Å². The van der Waals surface area contributed by atoms with Crippen LogP contribution in [0.5, 0.6) is 0 Å². The van der Waals surface area contributed by atoms with Crippen LogP contribution in [0.4, 0.5) is 0 Å². The minimum atomic E-state index is -1.87. The summed E-state index contributed by atoms with van der Waals surface area (Å²) in [6.07, 6.45) is 22.1. The first kappa shape index (κ1) is 38.7. The lowest BCUT2D eigenvalue weighted by molar-refractivity contribution is -0.132. The molecule has 0 aliphatic carbocycles. The molecule has 258 valence electrons. The van der Waals surface area contributed by atoms with Crippen LogP contribution >= 0.6 is 0 Å². The number of aliphatic hydroxyl groups excluding tert-OH is 2. The van der Waals surface area contributed by atoms with Gasteiger partial charge in [0.25, 0.3) is 0 Å². The highest BCUT2D eigenvalue weighted by Gasteiger charge is 2.54. The van der Waals surface area contributed by atoms with Crippen molar-refractivity contribution in [1.29, 1.82) is 0 Å². The number of rotatable bonds is 25. The van der Waals surface area contributed by atoms with Crippen molar-refractivity contribution in [2.75, 3.05) is 0 Å². The first-order valence-corrected chi connectivity index (χ1v) is 18.9. The molecule has 0 saturated carbocycles. The smallest absolute Gasteiger partial charge is 0.136 e. The zero-order valence-corrected chi connectivity index (χ0v) is 29.5. The lowest BCUT2D eigenvalue weighted by Crippen LogP contribution is -2.60. The first-order chi connectivity index (χ1) is 23.0. The van der Waals surface area contributed by atoms with Gasteiger partial charge in [0.1, 0.15) is 11.7 Å². The van der Waals surface area contributed by atoms with Crippen molar-refractivity contribution in [3.8, 4) is 0 Å². The van der Waals surface area contributed by atoms with E-state index in [1.807, 2.05) is 97.1 Å². The van der Waals surface area contributed by atoms with Gasteiger partial charge in [0.2, 0.25) is 0 Å². The van der Waals surface area contributed by atoms with Crippen molar-refractivity contribution in [3.05, 3.63) is 120 Å². The average Bonchev–Trinajstić information content (AvgIpc) is 3.11. The lowest BCUT2D eigenvalue weighted by atomic mass is 9.60. The molecule has 3 nitrogen and oxygen atoms in total. The van der Waals surface area contributed by atoms with Gasteiger partial charge >= 0.3 is 0 Å². The molecule has 0 saturated heterocycles. The van der Waals surface area contributed by atoms with E-state index in [-0.39, 0.29) is 0 Å². The Balaban J connectivity index is 1.74. The van der Waals surface area contributed by atoms with Crippen molar-refractivity contribution in [1.82, 2.24) is 0 Å². The van der Waals surface area contributed by atoms with E-state index in [2.05, 4.69) is 13.8 Å². The zero-order valence-electron chi connectivity index (χ0n) is 29.5. The minimum Gasteiger partial charge on any atom is -0.390 e. The topological polar surface area (TPSA) is 60.7 Å². The summed E-state index contributed by atoms with van der Waals surface area (Å²) in [5, 5.41) is 37.1. The summed E-state index contributed by atoms with van der Waals surface area (Å²) in [5.41, 5.74) is -0.382. The van der Waals surface area contributed by atoms with Gasteiger partial charge in [0, 0.05) is 0 Å². The van der Waals surface area contributed by atoms with E-state index in [4.69, 9.17) is 0 Å². The molecule has 47 heavy (non-hydrogen) atoms. The number of aliphatic hydroxyl groups is 3. The molecule has 0 amide bonds. The standard InChI is InChI=1S/C44H64O3/c1-3-5-7-9-10-11-12-13-14-15-16-17-18-28-36-41(45)43(47,37-29-8-6-4-2)42(46)44(38-30-22-19-23-31-38,39-32-24-20-25-33-39)40-34-26-21-27-35-40/h19-27,29-35,37,41-42,45-47H,3-18,28,36H2,1-2H3/t41-,42?,43?/m1/s1. The van der Waals surface area contributed by atoms with E-state index in [1.54, 1.807) is 6.08 Å². The Morgan fingerprint density at radius 2 is 0.872 bits per heavy atom. The monoisotopic (exact) mass is 640 g/mol. The molecule has 0 radical (unpaired) electrons. The predicted octanol–water partition coefficient (Wildman–Crippen LogP) is 11.1. The third kappa shape index (κ3) is 11.4. The van der Waals surface area contributed by atoms with Crippen molar-refractivity contribution in [2.45, 2.75) is 153 Å². The molecule has 3 aromatic carbocycles. The summed E-state index contributed by atoms with van der Waals surface area (Å²) >= 11 is 0. The number of hydrogen-bond acceptors (Lipinski definition) is 3. The molecule has 3 heteroatoms. The zero-order chi connectivity index (χ0) is 33.6. The maximum atomic E-state index is 12.7. The summed E-state index contributed by atoms with van der Waals surface area (Å²) in [4.78, 5) is 0. The second-order valence-corrected chi connectivity index (χ2v) is 13.6. The SMILES string of the molecule is CCCCC=CC(O)(C(O)C(c1ccccc1)(c1ccccc1)c1ccccc1)[C@H](O)CCCCCCCCCCCCCCCC. The Morgan fingerprint density at radius 1 is 0.511 bits per heavy atom. The highest BCUT2D eigenvalue weighted by Crippen LogP contribution is 2.47. The van der Waals surface area contributed by atoms with E-state index in [9.17, 15) is 15.3 Å². The van der Waals surface area contributed by atoms with Crippen LogP contribution in [-0.4, -0.2) is 33.1 Å². The van der Waals surface area contributed by atoms with Crippen LogP contribution in [0.1, 0.15) is 146 Å². The summed E-state index contributed by atoms with van der Waals surface area (Å²) < 4.78 is 0. The molecule has 3 atom stereocenters. The molecule has 0 aliphatic rings. The Morgan fingerprint density at radius 3 is 1.26 bits per heavy atom. The van der Waals surface area contributed by atoms with Gasteiger partial charge in [0.05, 0.1) is 11.5 Å². The Labute approximate surface area is 287 Å². The summed E-state index contributed by atoms with van der Waals surface area (Å²) in [6.45, 7) is 4.42. The van der Waals surface area contributed by atoms with E-state index in [0.717, 1.165) is 55.2 Å². The summed E-state index contributed by atoms with van der Waals surface area (Å²) in [6, 6.07) is 29.9. The summed E-state index contributed by atoms with van der Waals surface area (Å²) in [5.74, 6) is 0. The maximum Gasteiger partial charge on any atom is 0.136 e. The van der Waals surface area contributed by atoms with E-state index in [0.29, 0.717) is 6.42 Å². The molecule has 0 heterocycles. The maximum absolute atomic E-state index is 12.7. The second-order valence-electron chi connectivity index (χ2n) is 13.6. The molecule has 3 N–H and O–H groups in total. The molecule has 0 aliphatic heterocycles. The fourth-order valence-corrected chi connectivity index (χ4v) is 7.17. The second kappa shape index (κ2) is 22.0. The molecule has 3 rings (SSSR count). The van der Waals surface area contributed by atoms with Gasteiger partial charge in [-0.3, -0.25) is 0 Å². The van der Waals surface area contributed by atoms with Crippen LogP contribution in [0.15, 0.2) is 103 Å². The molecule has 0 bridgehead atoms. The Bertz CT molecular complexity index is 1110. The third-order valence-electron chi connectivity index (χ3n) is 10.0. The van der Waals surface area contributed by atoms with E-state index < -0.39 is 23.2 Å². The number of benzene rings is 3.